The standard InChI is InChI=1S/C37H37FN6O3S/c1-26-6-12-34(13-7-26)48(46,47)44-25-36(31-21-40-43(24-31)23-28-4-3-5-32(38)18-28)35-19-30(20-39-37(35)44)29-8-10-33(11-9-29)42-16-14-41(15-17-42)22-27(2)45/h3-13,18-21,24-25,27,45H,14-17,22-23H2,1-2H3. The quantitative estimate of drug-likeness (QED) is 0.209. The molecular formula is C37H37FN6O3S. The molecule has 6 aromatic rings. The zero-order valence-corrected chi connectivity index (χ0v) is 27.7. The molecule has 7 rings (SSSR count). The van der Waals surface area contributed by atoms with Crippen LogP contribution in [0.2, 0.25) is 0 Å². The third kappa shape index (κ3) is 6.49. The van der Waals surface area contributed by atoms with Crippen molar-refractivity contribution in [2.45, 2.75) is 31.4 Å². The van der Waals surface area contributed by atoms with E-state index < -0.39 is 10.0 Å². The van der Waals surface area contributed by atoms with Crippen molar-refractivity contribution < 1.29 is 17.9 Å². The van der Waals surface area contributed by atoms with Crippen molar-refractivity contribution in [2.24, 2.45) is 0 Å². The molecule has 1 N–H and O–H groups in total. The third-order valence-corrected chi connectivity index (χ3v) is 10.5. The number of rotatable bonds is 9. The molecule has 11 heteroatoms. The first-order valence-corrected chi connectivity index (χ1v) is 17.4. The van der Waals surface area contributed by atoms with E-state index in [1.165, 1.54) is 16.1 Å². The van der Waals surface area contributed by atoms with Crippen LogP contribution in [0.15, 0.2) is 109 Å². The van der Waals surface area contributed by atoms with Crippen LogP contribution in [0.3, 0.4) is 0 Å². The van der Waals surface area contributed by atoms with E-state index >= 15 is 0 Å². The summed E-state index contributed by atoms with van der Waals surface area (Å²) in [6.45, 7) is 8.36. The van der Waals surface area contributed by atoms with E-state index in [0.717, 1.165) is 59.7 Å². The molecule has 0 saturated carbocycles. The largest absolute Gasteiger partial charge is 0.392 e. The second-order valence-corrected chi connectivity index (χ2v) is 14.3. The van der Waals surface area contributed by atoms with Crippen molar-refractivity contribution in [2.75, 3.05) is 37.6 Å². The van der Waals surface area contributed by atoms with E-state index in [2.05, 4.69) is 39.2 Å². The Kier molecular flexibility index (Phi) is 8.59. The average Bonchev–Trinajstić information content (AvgIpc) is 3.70. The molecule has 3 aromatic carbocycles. The summed E-state index contributed by atoms with van der Waals surface area (Å²) in [6.07, 6.45) is 6.52. The predicted molar refractivity (Wildman–Crippen MR) is 186 cm³/mol. The normalized spacial score (nSPS) is 14.9. The van der Waals surface area contributed by atoms with Crippen molar-refractivity contribution in [3.63, 3.8) is 0 Å². The fourth-order valence-corrected chi connectivity index (χ4v) is 7.64. The number of piperazine rings is 1. The van der Waals surface area contributed by atoms with E-state index in [4.69, 9.17) is 4.98 Å². The van der Waals surface area contributed by atoms with Gasteiger partial charge in [-0.25, -0.2) is 21.8 Å². The molecule has 1 fully saturated rings. The smallest absolute Gasteiger partial charge is 0.269 e. The Balaban J connectivity index is 1.24. The van der Waals surface area contributed by atoms with E-state index in [1.54, 1.807) is 53.6 Å². The van der Waals surface area contributed by atoms with E-state index in [9.17, 15) is 17.9 Å². The average molecular weight is 665 g/mol. The summed E-state index contributed by atoms with van der Waals surface area (Å²) < 4.78 is 44.7. The van der Waals surface area contributed by atoms with E-state index in [0.29, 0.717) is 29.7 Å². The first kappa shape index (κ1) is 31.7. The monoisotopic (exact) mass is 664 g/mol. The minimum absolute atomic E-state index is 0.173. The number of nitrogens with zero attached hydrogens (tertiary/aromatic N) is 6. The number of β-amino-alcohol motifs (C(OH)–C–C–N with tert-alkyl or cyclic N) is 1. The van der Waals surface area contributed by atoms with Crippen molar-refractivity contribution in [3.8, 4) is 22.3 Å². The lowest BCUT2D eigenvalue weighted by Gasteiger charge is -2.36. The molecule has 1 saturated heterocycles. The molecule has 1 aliphatic rings. The number of aliphatic hydroxyl groups is 1. The minimum Gasteiger partial charge on any atom is -0.392 e. The second kappa shape index (κ2) is 13.0. The van der Waals surface area contributed by atoms with Gasteiger partial charge in [0.2, 0.25) is 0 Å². The van der Waals surface area contributed by atoms with Gasteiger partial charge in [0.25, 0.3) is 10.0 Å². The van der Waals surface area contributed by atoms with Crippen molar-refractivity contribution in [1.29, 1.82) is 0 Å². The Morgan fingerprint density at radius 3 is 2.33 bits per heavy atom. The van der Waals surface area contributed by atoms with Gasteiger partial charge in [0.1, 0.15) is 5.82 Å². The van der Waals surface area contributed by atoms with Gasteiger partial charge in [0.05, 0.1) is 23.7 Å². The van der Waals surface area contributed by atoms with Gasteiger partial charge in [-0.3, -0.25) is 9.58 Å². The van der Waals surface area contributed by atoms with E-state index in [1.807, 2.05) is 32.2 Å². The molecule has 0 spiro atoms. The van der Waals surface area contributed by atoms with Gasteiger partial charge in [-0.2, -0.15) is 5.10 Å². The Labute approximate surface area is 279 Å². The number of fused-ring (bicyclic) bond motifs is 1. The van der Waals surface area contributed by atoms with Crippen molar-refractivity contribution >= 4 is 26.7 Å². The SMILES string of the molecule is Cc1ccc(S(=O)(=O)n2cc(-c3cnn(Cc4cccc(F)c4)c3)c3cc(-c4ccc(N5CCN(CC(C)O)CC5)cc4)cnc32)cc1. The predicted octanol–water partition coefficient (Wildman–Crippen LogP) is 5.80. The summed E-state index contributed by atoms with van der Waals surface area (Å²) >= 11 is 0. The van der Waals surface area contributed by atoms with Gasteiger partial charge < -0.3 is 10.0 Å². The number of halogens is 1. The molecule has 0 bridgehead atoms. The summed E-state index contributed by atoms with van der Waals surface area (Å²) in [5.74, 6) is -0.314. The lowest BCUT2D eigenvalue weighted by atomic mass is 10.0. The van der Waals surface area contributed by atoms with Crippen LogP contribution in [0.4, 0.5) is 10.1 Å². The van der Waals surface area contributed by atoms with Crippen LogP contribution in [0.5, 0.6) is 0 Å². The molecule has 4 heterocycles. The molecular weight excluding hydrogens is 628 g/mol. The second-order valence-electron chi connectivity index (χ2n) is 12.5. The molecule has 0 radical (unpaired) electrons. The van der Waals surface area contributed by atoms with Gasteiger partial charge in [-0.15, -0.1) is 0 Å². The molecule has 9 nitrogen and oxygen atoms in total. The molecule has 0 aliphatic carbocycles. The molecule has 1 atom stereocenters. The van der Waals surface area contributed by atoms with Gasteiger partial charge in [0.15, 0.2) is 5.65 Å². The summed E-state index contributed by atoms with van der Waals surface area (Å²) in [4.78, 5) is 9.52. The maximum Gasteiger partial charge on any atom is 0.269 e. The van der Waals surface area contributed by atoms with Crippen molar-refractivity contribution in [3.05, 3.63) is 121 Å². The molecule has 1 unspecified atom stereocenters. The maximum absolute atomic E-state index is 13.9. The topological polar surface area (TPSA) is 96.5 Å². The Hall–Kier alpha value is -4.84. The molecule has 0 amide bonds. The van der Waals surface area contributed by atoms with Crippen LogP contribution in [0, 0.1) is 12.7 Å². The molecule has 3 aromatic heterocycles. The maximum atomic E-state index is 13.9. The van der Waals surface area contributed by atoms with Gasteiger partial charge in [-0.1, -0.05) is 42.0 Å². The lowest BCUT2D eigenvalue weighted by molar-refractivity contribution is 0.123. The number of hydrogen-bond donors (Lipinski definition) is 1. The van der Waals surface area contributed by atoms with Crippen molar-refractivity contribution in [1.82, 2.24) is 23.6 Å². The highest BCUT2D eigenvalue weighted by molar-refractivity contribution is 7.90. The van der Waals surface area contributed by atoms with Gasteiger partial charge >= 0.3 is 0 Å². The molecule has 246 valence electrons. The zero-order chi connectivity index (χ0) is 33.4. The van der Waals surface area contributed by atoms with Crippen LogP contribution in [-0.4, -0.2) is 76.0 Å². The van der Waals surface area contributed by atoms with Crippen LogP contribution in [-0.2, 0) is 16.6 Å². The number of anilines is 1. The van der Waals surface area contributed by atoms with Crippen LogP contribution in [0.1, 0.15) is 18.1 Å². The number of pyridine rings is 1. The number of hydrogen-bond acceptors (Lipinski definition) is 7. The van der Waals surface area contributed by atoms with E-state index in [-0.39, 0.29) is 16.8 Å². The minimum atomic E-state index is -3.96. The number of aromatic nitrogens is 4. The first-order valence-electron chi connectivity index (χ1n) is 16.0. The van der Waals surface area contributed by atoms with Crippen LogP contribution in [0.25, 0.3) is 33.3 Å². The first-order chi connectivity index (χ1) is 23.1. The highest BCUT2D eigenvalue weighted by atomic mass is 32.2. The highest BCUT2D eigenvalue weighted by Crippen LogP contribution is 2.35. The highest BCUT2D eigenvalue weighted by Gasteiger charge is 2.24. The Bertz CT molecular complexity index is 2170. The zero-order valence-electron chi connectivity index (χ0n) is 26.9. The molecule has 48 heavy (non-hydrogen) atoms. The van der Waals surface area contributed by atoms with Crippen LogP contribution >= 0.6 is 0 Å². The third-order valence-electron chi connectivity index (χ3n) is 8.83. The Morgan fingerprint density at radius 2 is 1.62 bits per heavy atom. The fourth-order valence-electron chi connectivity index (χ4n) is 6.31. The number of aryl methyl sites for hydroxylation is 1. The summed E-state index contributed by atoms with van der Waals surface area (Å²) in [5.41, 5.74) is 6.39. The lowest BCUT2D eigenvalue weighted by Crippen LogP contribution is -2.48. The Morgan fingerprint density at radius 1 is 0.875 bits per heavy atom. The number of aliphatic hydroxyl groups excluding tert-OH is 1. The molecule has 1 aliphatic heterocycles. The van der Waals surface area contributed by atoms with Gasteiger partial charge in [-0.05, 0) is 67.4 Å². The van der Waals surface area contributed by atoms with Crippen LogP contribution < -0.4 is 4.90 Å². The van der Waals surface area contributed by atoms with Gasteiger partial charge in [0, 0.05) is 79.1 Å². The fraction of sp³-hybridized carbons (Fsp3) is 0.243. The number of benzene rings is 3. The summed E-state index contributed by atoms with van der Waals surface area (Å²) in [7, 11) is -3.96. The summed E-state index contributed by atoms with van der Waals surface area (Å²) in [6, 6.07) is 23.5. The summed E-state index contributed by atoms with van der Waals surface area (Å²) in [5, 5.41) is 14.9.